The fraction of sp³-hybridized carbons (Fsp3) is 0.433. The number of nitrogens with zero attached hydrogens (tertiary/aromatic N) is 2. The summed E-state index contributed by atoms with van der Waals surface area (Å²) >= 11 is 0. The largest absolute Gasteiger partial charge is 0.492 e. The van der Waals surface area contributed by atoms with Gasteiger partial charge in [0.15, 0.2) is 11.5 Å². The van der Waals surface area contributed by atoms with Crippen molar-refractivity contribution in [2.24, 2.45) is 5.92 Å². The minimum atomic E-state index is -3.60. The highest BCUT2D eigenvalue weighted by atomic mass is 32.2. The summed E-state index contributed by atoms with van der Waals surface area (Å²) in [5, 5.41) is 7.34. The van der Waals surface area contributed by atoms with E-state index in [0.717, 1.165) is 43.1 Å². The van der Waals surface area contributed by atoms with Gasteiger partial charge in [0.25, 0.3) is 5.91 Å². The van der Waals surface area contributed by atoms with Gasteiger partial charge in [-0.1, -0.05) is 46.1 Å². The van der Waals surface area contributed by atoms with Gasteiger partial charge in [-0.25, -0.2) is 13.1 Å². The predicted octanol–water partition coefficient (Wildman–Crippen LogP) is 5.87. The predicted molar refractivity (Wildman–Crippen MR) is 157 cm³/mol. The van der Waals surface area contributed by atoms with Gasteiger partial charge in [0.2, 0.25) is 10.0 Å². The van der Waals surface area contributed by atoms with Gasteiger partial charge in [-0.05, 0) is 60.6 Å². The number of methoxy groups -OCH3 is 1. The number of nitrogens with one attached hydrogen (secondary N) is 2. The van der Waals surface area contributed by atoms with Gasteiger partial charge in [-0.3, -0.25) is 14.3 Å². The Morgan fingerprint density at radius 1 is 1.02 bits per heavy atom. The van der Waals surface area contributed by atoms with Crippen LogP contribution in [0.25, 0.3) is 5.69 Å². The third kappa shape index (κ3) is 6.72. The van der Waals surface area contributed by atoms with E-state index in [9.17, 15) is 18.0 Å². The molecule has 1 amide bonds. The summed E-state index contributed by atoms with van der Waals surface area (Å²) in [7, 11) is -2.18. The van der Waals surface area contributed by atoms with Crippen LogP contribution in [0.5, 0.6) is 5.75 Å². The maximum Gasteiger partial charge on any atom is 0.255 e. The van der Waals surface area contributed by atoms with E-state index in [1.165, 1.54) is 13.5 Å². The van der Waals surface area contributed by atoms with Crippen molar-refractivity contribution in [1.29, 1.82) is 0 Å². The van der Waals surface area contributed by atoms with E-state index >= 15 is 0 Å². The molecule has 1 aromatic heterocycles. The summed E-state index contributed by atoms with van der Waals surface area (Å²) < 4.78 is 33.7. The summed E-state index contributed by atoms with van der Waals surface area (Å²) in [5.74, 6) is -0.0222. The van der Waals surface area contributed by atoms with E-state index in [4.69, 9.17) is 4.74 Å². The Labute approximate surface area is 236 Å². The number of amides is 1. The maximum absolute atomic E-state index is 13.5. The highest BCUT2D eigenvalue weighted by Gasteiger charge is 2.25. The Balaban J connectivity index is 1.65. The summed E-state index contributed by atoms with van der Waals surface area (Å²) in [4.78, 5) is 26.5. The second-order valence-electron chi connectivity index (χ2n) is 11.6. The number of benzene rings is 2. The topological polar surface area (TPSA) is 119 Å². The number of sulfonamides is 1. The molecule has 0 spiro atoms. The molecule has 0 saturated heterocycles. The number of aryl methyl sites for hydroxylation is 1. The molecule has 10 heteroatoms. The van der Waals surface area contributed by atoms with Gasteiger partial charge in [0.05, 0.1) is 42.2 Å². The molecule has 2 aromatic carbocycles. The van der Waals surface area contributed by atoms with Crippen LogP contribution in [0.2, 0.25) is 0 Å². The number of carbonyl (C=O) groups excluding carboxylic acids is 2. The van der Waals surface area contributed by atoms with Crippen molar-refractivity contribution in [2.75, 3.05) is 23.4 Å². The normalized spacial score (nSPS) is 14.6. The molecular formula is C30H38N4O5S. The number of hydrogen-bond donors (Lipinski definition) is 2. The summed E-state index contributed by atoms with van der Waals surface area (Å²) in [6, 6.07) is 8.76. The average molecular weight is 567 g/mol. The molecule has 0 bridgehead atoms. The Hall–Kier alpha value is -3.66. The molecule has 214 valence electrons. The van der Waals surface area contributed by atoms with Crippen LogP contribution in [0.1, 0.15) is 84.7 Å². The number of ether oxygens (including phenoxy) is 1. The average Bonchev–Trinajstić information content (AvgIpc) is 3.37. The van der Waals surface area contributed by atoms with Gasteiger partial charge >= 0.3 is 0 Å². The quantitative estimate of drug-likeness (QED) is 0.329. The molecule has 3 aromatic rings. The van der Waals surface area contributed by atoms with E-state index in [0.29, 0.717) is 22.5 Å². The first-order valence-electron chi connectivity index (χ1n) is 13.5. The molecule has 4 rings (SSSR count). The Morgan fingerprint density at radius 2 is 1.70 bits per heavy atom. The van der Waals surface area contributed by atoms with Crippen molar-refractivity contribution < 1.29 is 22.7 Å². The second kappa shape index (κ2) is 11.4. The number of carbonyl (C=O) groups is 2. The van der Waals surface area contributed by atoms with Crippen molar-refractivity contribution in [3.63, 3.8) is 0 Å². The SMILES string of the molecule is COc1c(NC(=O)c2ccc(C)c(-n3cc(C(=O)C4CCCCC4)cn3)c2)cc(C(C)(C)C)cc1NS(C)(=O)=O. The number of rotatable bonds is 8. The Kier molecular flexibility index (Phi) is 8.39. The third-order valence-electron chi connectivity index (χ3n) is 7.26. The van der Waals surface area contributed by atoms with Crippen LogP contribution in [0.15, 0.2) is 42.7 Å². The van der Waals surface area contributed by atoms with Crippen LogP contribution < -0.4 is 14.8 Å². The summed E-state index contributed by atoms with van der Waals surface area (Å²) in [5.41, 5.74) is 3.59. The molecule has 40 heavy (non-hydrogen) atoms. The maximum atomic E-state index is 13.5. The van der Waals surface area contributed by atoms with Crippen LogP contribution in [0, 0.1) is 12.8 Å². The van der Waals surface area contributed by atoms with Crippen LogP contribution in [0.3, 0.4) is 0 Å². The number of anilines is 2. The van der Waals surface area contributed by atoms with E-state index in [1.54, 1.807) is 41.3 Å². The van der Waals surface area contributed by atoms with E-state index < -0.39 is 15.9 Å². The van der Waals surface area contributed by atoms with Crippen molar-refractivity contribution in [3.8, 4) is 11.4 Å². The standard InChI is InChI=1S/C30H38N4O5S/c1-19-12-13-21(14-26(19)34-18-22(17-31-34)27(35)20-10-8-7-9-11-20)29(36)32-24-15-23(30(2,3)4)16-25(28(24)39-5)33-40(6,37)38/h12-18,20,33H,7-11H2,1-6H3,(H,32,36). The second-order valence-corrected chi connectivity index (χ2v) is 13.3. The van der Waals surface area contributed by atoms with Crippen molar-refractivity contribution in [1.82, 2.24) is 9.78 Å². The molecule has 9 nitrogen and oxygen atoms in total. The molecule has 0 aliphatic heterocycles. The monoisotopic (exact) mass is 566 g/mol. The van der Waals surface area contributed by atoms with Gasteiger partial charge in [-0.15, -0.1) is 0 Å². The first kappa shape index (κ1) is 29.3. The summed E-state index contributed by atoms with van der Waals surface area (Å²) in [6.07, 6.45) is 9.57. The zero-order valence-electron chi connectivity index (χ0n) is 24.0. The Morgan fingerprint density at radius 3 is 2.33 bits per heavy atom. The first-order chi connectivity index (χ1) is 18.8. The van der Waals surface area contributed by atoms with Gasteiger partial charge < -0.3 is 10.1 Å². The van der Waals surface area contributed by atoms with Crippen LogP contribution >= 0.6 is 0 Å². The molecule has 1 heterocycles. The smallest absolute Gasteiger partial charge is 0.255 e. The third-order valence-corrected chi connectivity index (χ3v) is 7.85. The minimum Gasteiger partial charge on any atom is -0.492 e. The molecule has 1 saturated carbocycles. The molecule has 0 radical (unpaired) electrons. The lowest BCUT2D eigenvalue weighted by atomic mass is 9.84. The fourth-order valence-corrected chi connectivity index (χ4v) is 5.58. The van der Waals surface area contributed by atoms with Crippen molar-refractivity contribution >= 4 is 33.1 Å². The number of hydrogen-bond acceptors (Lipinski definition) is 6. The highest BCUT2D eigenvalue weighted by Crippen LogP contribution is 2.39. The lowest BCUT2D eigenvalue weighted by Gasteiger charge is -2.24. The van der Waals surface area contributed by atoms with E-state index in [-0.39, 0.29) is 28.6 Å². The molecule has 0 atom stereocenters. The molecule has 1 fully saturated rings. The molecule has 1 aliphatic rings. The van der Waals surface area contributed by atoms with Crippen LogP contribution in [-0.4, -0.2) is 43.3 Å². The van der Waals surface area contributed by atoms with E-state index in [1.807, 2.05) is 33.8 Å². The molecular weight excluding hydrogens is 528 g/mol. The number of aromatic nitrogens is 2. The first-order valence-corrected chi connectivity index (χ1v) is 15.4. The fourth-order valence-electron chi connectivity index (χ4n) is 5.02. The van der Waals surface area contributed by atoms with Gasteiger partial charge in [0, 0.05) is 17.7 Å². The zero-order chi connectivity index (χ0) is 29.2. The van der Waals surface area contributed by atoms with Gasteiger partial charge in [0.1, 0.15) is 0 Å². The zero-order valence-corrected chi connectivity index (χ0v) is 24.8. The molecule has 0 unspecified atom stereocenters. The minimum absolute atomic E-state index is 0.0468. The highest BCUT2D eigenvalue weighted by molar-refractivity contribution is 7.92. The van der Waals surface area contributed by atoms with Crippen LogP contribution in [0.4, 0.5) is 11.4 Å². The van der Waals surface area contributed by atoms with Crippen LogP contribution in [-0.2, 0) is 15.4 Å². The van der Waals surface area contributed by atoms with Crippen molar-refractivity contribution in [2.45, 2.75) is 65.2 Å². The number of Topliss-reactive ketones (excluding diaryl/α,β-unsaturated/α-hetero) is 1. The Bertz CT molecular complexity index is 1530. The summed E-state index contributed by atoms with van der Waals surface area (Å²) in [6.45, 7) is 7.90. The van der Waals surface area contributed by atoms with Crippen molar-refractivity contribution in [3.05, 3.63) is 65.0 Å². The number of ketones is 1. The lowest BCUT2D eigenvalue weighted by Crippen LogP contribution is -2.18. The molecule has 1 aliphatic carbocycles. The van der Waals surface area contributed by atoms with E-state index in [2.05, 4.69) is 15.1 Å². The lowest BCUT2D eigenvalue weighted by molar-refractivity contribution is 0.0889. The molecule has 2 N–H and O–H groups in total. The van der Waals surface area contributed by atoms with Gasteiger partial charge in [-0.2, -0.15) is 5.10 Å².